The normalized spacial score (nSPS) is 10.3. The van der Waals surface area contributed by atoms with Crippen molar-refractivity contribution in [3.63, 3.8) is 0 Å². The van der Waals surface area contributed by atoms with Gasteiger partial charge in [-0.3, -0.25) is 18.4 Å². The van der Waals surface area contributed by atoms with Crippen LogP contribution >= 0.6 is 0 Å². The minimum Gasteiger partial charge on any atom is -1.00 e. The number of aromatic nitrogens is 12. The van der Waals surface area contributed by atoms with Crippen LogP contribution in [0.4, 0.5) is 0 Å². The van der Waals surface area contributed by atoms with E-state index in [2.05, 4.69) is 51.2 Å². The van der Waals surface area contributed by atoms with E-state index in [9.17, 15) is 9.59 Å². The minimum atomic E-state index is -0.208. The second-order valence-corrected chi connectivity index (χ2v) is 7.19. The molecule has 0 fully saturated rings. The molecule has 6 aromatic heterocycles. The van der Waals surface area contributed by atoms with E-state index in [1.54, 1.807) is 24.5 Å². The second-order valence-electron chi connectivity index (χ2n) is 7.19. The van der Waals surface area contributed by atoms with Gasteiger partial charge in [-0.2, -0.15) is 10.4 Å². The number of aryl methyl sites for hydroxylation is 2. The molecule has 0 unspecified atom stereocenters. The number of hydrogen-bond acceptors (Lipinski definition) is 10. The molecule has 0 aliphatic rings. The number of H-pyrrole nitrogens is 2. The summed E-state index contributed by atoms with van der Waals surface area (Å²) in [4.78, 5) is 32.8. The number of pyridine rings is 2. The maximum Gasteiger partial charge on any atom is 1.00 e. The summed E-state index contributed by atoms with van der Waals surface area (Å²) in [5, 5.41) is 26.6. The summed E-state index contributed by atoms with van der Waals surface area (Å²) in [5.74, 6) is 0.497. The third kappa shape index (κ3) is 5.67. The largest absolute Gasteiger partial charge is 1.00 e. The van der Waals surface area contributed by atoms with Gasteiger partial charge in [-0.05, 0) is 47.5 Å². The smallest absolute Gasteiger partial charge is 1.00 e. The maximum atomic E-state index is 12.2. The Morgan fingerprint density at radius 1 is 0.722 bits per heavy atom. The molecule has 0 radical (unpaired) electrons. The molecule has 0 aliphatic heterocycles. The first-order valence-corrected chi connectivity index (χ1v) is 9.96. The van der Waals surface area contributed by atoms with Gasteiger partial charge in [-0.1, -0.05) is 12.1 Å². The molecule has 0 aromatic carbocycles. The Bertz CT molecular complexity index is 1610. The fourth-order valence-corrected chi connectivity index (χ4v) is 3.35. The molecule has 0 bridgehead atoms. The molecule has 0 spiro atoms. The zero-order valence-corrected chi connectivity index (χ0v) is 26.2. The molecule has 0 saturated heterocycles. The Hall–Kier alpha value is -1.87. The summed E-state index contributed by atoms with van der Waals surface area (Å²) in [6, 6.07) is 7.39. The van der Waals surface area contributed by atoms with Crippen LogP contribution in [0, 0.1) is 13.8 Å². The Morgan fingerprint density at radius 2 is 1.14 bits per heavy atom. The molecule has 0 aliphatic carbocycles. The van der Waals surface area contributed by atoms with Crippen LogP contribution in [0.1, 0.15) is 14.0 Å². The molecule has 6 rings (SSSR count). The standard InChI is InChI=1S/2C10H8N6O.2K.2H/c2*1-6-3-2-4-16-9(6)11-5-7(10(16)17)8-12-14-15-13-8;;;;/h2*2-5H,1H3,(H,12,13,14,15);;;;/q;;2*+1;2*-1. The van der Waals surface area contributed by atoms with Gasteiger partial charge in [0.15, 0.2) is 0 Å². The Labute approximate surface area is 290 Å². The van der Waals surface area contributed by atoms with E-state index in [-0.39, 0.29) is 128 Å². The molecular formula is C20H18K2N12O2. The molecule has 0 saturated carbocycles. The molecule has 6 aromatic rings. The van der Waals surface area contributed by atoms with Crippen LogP contribution in [0.2, 0.25) is 0 Å². The number of tetrazole rings is 2. The predicted octanol–water partition coefficient (Wildman–Crippen LogP) is -5.40. The van der Waals surface area contributed by atoms with E-state index in [0.29, 0.717) is 22.4 Å². The summed E-state index contributed by atoms with van der Waals surface area (Å²) < 4.78 is 2.95. The van der Waals surface area contributed by atoms with Crippen molar-refractivity contribution in [2.45, 2.75) is 13.8 Å². The van der Waals surface area contributed by atoms with Crippen molar-refractivity contribution in [1.82, 2.24) is 60.0 Å². The molecule has 14 nitrogen and oxygen atoms in total. The first-order valence-electron chi connectivity index (χ1n) is 9.96. The quantitative estimate of drug-likeness (QED) is 0.203. The Balaban J connectivity index is 0.000000344. The van der Waals surface area contributed by atoms with E-state index < -0.39 is 0 Å². The number of aromatic amines is 2. The molecule has 2 N–H and O–H groups in total. The van der Waals surface area contributed by atoms with Crippen LogP contribution in [-0.2, 0) is 0 Å². The Kier molecular flexibility index (Phi) is 10.0. The zero-order valence-electron chi connectivity index (χ0n) is 21.9. The summed E-state index contributed by atoms with van der Waals surface area (Å²) in [5.41, 5.74) is 3.35. The second kappa shape index (κ2) is 12.6. The zero-order chi connectivity index (χ0) is 23.7. The third-order valence-corrected chi connectivity index (χ3v) is 5.03. The van der Waals surface area contributed by atoms with Gasteiger partial charge in [0.25, 0.3) is 11.1 Å². The SMILES string of the molecule is Cc1cccn2c(=O)c(-c3nn[nH]n3)cnc12.Cc1cccn2c(=O)c(-c3nn[nH]n3)cnc12.[H-].[H-].[K+].[K+]. The fraction of sp³-hybridized carbons (Fsp3) is 0.100. The number of hydrogen-bond donors (Lipinski definition) is 2. The van der Waals surface area contributed by atoms with Gasteiger partial charge in [0, 0.05) is 24.8 Å². The maximum absolute atomic E-state index is 12.2. The van der Waals surface area contributed by atoms with Crippen molar-refractivity contribution in [2.75, 3.05) is 0 Å². The van der Waals surface area contributed by atoms with Gasteiger partial charge < -0.3 is 2.85 Å². The van der Waals surface area contributed by atoms with Crippen molar-refractivity contribution in [3.05, 3.63) is 80.9 Å². The van der Waals surface area contributed by atoms with E-state index >= 15 is 0 Å². The van der Waals surface area contributed by atoms with Gasteiger partial charge in [0.1, 0.15) is 22.4 Å². The van der Waals surface area contributed by atoms with Crippen LogP contribution in [-0.4, -0.2) is 60.0 Å². The predicted molar refractivity (Wildman–Crippen MR) is 121 cm³/mol. The van der Waals surface area contributed by atoms with Crippen LogP contribution in [0.5, 0.6) is 0 Å². The van der Waals surface area contributed by atoms with Gasteiger partial charge in [-0.15, -0.1) is 20.4 Å². The molecule has 16 heteroatoms. The summed E-state index contributed by atoms with van der Waals surface area (Å²) in [7, 11) is 0. The molecule has 172 valence electrons. The van der Waals surface area contributed by atoms with Crippen molar-refractivity contribution in [2.24, 2.45) is 0 Å². The first-order chi connectivity index (χ1) is 16.5. The van der Waals surface area contributed by atoms with Crippen LogP contribution in [0.25, 0.3) is 34.1 Å². The first kappa shape index (κ1) is 28.7. The number of fused-ring (bicyclic) bond motifs is 2. The fourth-order valence-electron chi connectivity index (χ4n) is 3.35. The number of rotatable bonds is 2. The van der Waals surface area contributed by atoms with Gasteiger partial charge in [-0.25, -0.2) is 9.97 Å². The minimum absolute atomic E-state index is 0. The summed E-state index contributed by atoms with van der Waals surface area (Å²) in [6.07, 6.45) is 6.27. The topological polar surface area (TPSA) is 178 Å². The molecular weight excluding hydrogens is 518 g/mol. The van der Waals surface area contributed by atoms with Crippen LogP contribution < -0.4 is 114 Å². The molecule has 0 amide bonds. The number of nitrogens with zero attached hydrogens (tertiary/aromatic N) is 10. The van der Waals surface area contributed by atoms with Gasteiger partial charge in [0.05, 0.1) is 0 Å². The molecule has 36 heavy (non-hydrogen) atoms. The van der Waals surface area contributed by atoms with Crippen molar-refractivity contribution in [1.29, 1.82) is 0 Å². The third-order valence-electron chi connectivity index (χ3n) is 5.03. The summed E-state index contributed by atoms with van der Waals surface area (Å²) in [6.45, 7) is 3.80. The van der Waals surface area contributed by atoms with Crippen LogP contribution in [0.3, 0.4) is 0 Å². The van der Waals surface area contributed by atoms with Crippen molar-refractivity contribution < 1.29 is 106 Å². The van der Waals surface area contributed by atoms with Crippen LogP contribution in [0.15, 0.2) is 58.6 Å². The molecule has 0 atom stereocenters. The number of nitrogens with one attached hydrogen (secondary N) is 2. The monoisotopic (exact) mass is 536 g/mol. The average molecular weight is 537 g/mol. The summed E-state index contributed by atoms with van der Waals surface area (Å²) >= 11 is 0. The van der Waals surface area contributed by atoms with E-state index in [0.717, 1.165) is 11.1 Å². The Morgan fingerprint density at radius 3 is 1.50 bits per heavy atom. The van der Waals surface area contributed by atoms with Gasteiger partial charge >= 0.3 is 103 Å². The van der Waals surface area contributed by atoms with Crippen molar-refractivity contribution >= 4 is 11.3 Å². The van der Waals surface area contributed by atoms with E-state index in [1.807, 2.05) is 26.0 Å². The molecule has 6 heterocycles. The van der Waals surface area contributed by atoms with E-state index in [4.69, 9.17) is 0 Å². The van der Waals surface area contributed by atoms with Gasteiger partial charge in [0.2, 0.25) is 11.6 Å². The van der Waals surface area contributed by atoms with E-state index in [1.165, 1.54) is 21.2 Å². The van der Waals surface area contributed by atoms with Crippen molar-refractivity contribution in [3.8, 4) is 22.8 Å². The average Bonchev–Trinajstić information content (AvgIpc) is 3.56.